The second kappa shape index (κ2) is 6.80. The van der Waals surface area contributed by atoms with Crippen LogP contribution < -0.4 is 5.32 Å². The molecule has 0 spiro atoms. The van der Waals surface area contributed by atoms with Gasteiger partial charge in [0.05, 0.1) is 6.54 Å². The number of carbonyl (C=O) groups excluding carboxylic acids is 1. The van der Waals surface area contributed by atoms with E-state index in [-0.39, 0.29) is 12.5 Å². The monoisotopic (exact) mass is 214 g/mol. The first-order valence-corrected chi connectivity index (χ1v) is 5.86. The second-order valence-corrected chi connectivity index (χ2v) is 4.24. The van der Waals surface area contributed by atoms with Crippen LogP contribution in [-0.2, 0) is 4.79 Å². The predicted molar refractivity (Wildman–Crippen MR) is 59.6 cm³/mol. The summed E-state index contributed by atoms with van der Waals surface area (Å²) in [5, 5.41) is 11.9. The number of aliphatic hydroxyl groups excluding tert-OH is 1. The number of hydrogen-bond acceptors (Lipinski definition) is 3. The van der Waals surface area contributed by atoms with Crippen LogP contribution in [0.25, 0.3) is 0 Å². The highest BCUT2D eigenvalue weighted by Crippen LogP contribution is 2.06. The van der Waals surface area contributed by atoms with Crippen molar-refractivity contribution >= 4 is 5.91 Å². The van der Waals surface area contributed by atoms with E-state index in [1.807, 2.05) is 11.8 Å². The van der Waals surface area contributed by atoms with Gasteiger partial charge in [-0.05, 0) is 32.6 Å². The number of amides is 1. The number of nitrogens with one attached hydrogen (secondary N) is 1. The molecule has 1 fully saturated rings. The molecule has 0 saturated carbocycles. The summed E-state index contributed by atoms with van der Waals surface area (Å²) in [5.41, 5.74) is 0. The van der Waals surface area contributed by atoms with Crippen LogP contribution in [0, 0.1) is 0 Å². The molecule has 2 N–H and O–H groups in total. The molecule has 1 heterocycles. The van der Waals surface area contributed by atoms with Crippen molar-refractivity contribution in [2.24, 2.45) is 0 Å². The average Bonchev–Trinajstić information content (AvgIpc) is 2.76. The van der Waals surface area contributed by atoms with Crippen LogP contribution >= 0.6 is 0 Å². The number of aliphatic hydroxyl groups is 1. The molecule has 15 heavy (non-hydrogen) atoms. The summed E-state index contributed by atoms with van der Waals surface area (Å²) in [6.45, 7) is 4.56. The third-order valence-corrected chi connectivity index (χ3v) is 2.86. The molecule has 1 saturated heterocycles. The van der Waals surface area contributed by atoms with Gasteiger partial charge in [-0.3, -0.25) is 4.79 Å². The molecule has 0 aromatic carbocycles. The fourth-order valence-electron chi connectivity index (χ4n) is 1.84. The standard InChI is InChI=1S/C11H22N2O2/c1-10(5-4-8-14)12-9-11(15)13-6-2-3-7-13/h10,12,14H,2-9H2,1H3. The normalized spacial score (nSPS) is 18.1. The summed E-state index contributed by atoms with van der Waals surface area (Å²) in [4.78, 5) is 13.6. The minimum Gasteiger partial charge on any atom is -0.396 e. The molecule has 1 aliphatic heterocycles. The SMILES string of the molecule is CC(CCCO)NCC(=O)N1CCCC1. The van der Waals surface area contributed by atoms with Crippen LogP contribution in [-0.4, -0.2) is 48.2 Å². The Hall–Kier alpha value is -0.610. The Morgan fingerprint density at radius 2 is 2.13 bits per heavy atom. The molecule has 4 heteroatoms. The maximum atomic E-state index is 11.6. The van der Waals surface area contributed by atoms with Crippen molar-refractivity contribution in [1.82, 2.24) is 10.2 Å². The van der Waals surface area contributed by atoms with Gasteiger partial charge in [-0.15, -0.1) is 0 Å². The molecule has 1 aliphatic rings. The van der Waals surface area contributed by atoms with Crippen molar-refractivity contribution in [1.29, 1.82) is 0 Å². The fraction of sp³-hybridized carbons (Fsp3) is 0.909. The van der Waals surface area contributed by atoms with Gasteiger partial charge in [-0.25, -0.2) is 0 Å². The largest absolute Gasteiger partial charge is 0.396 e. The maximum absolute atomic E-state index is 11.6. The number of carbonyl (C=O) groups is 1. The van der Waals surface area contributed by atoms with Crippen molar-refractivity contribution in [3.63, 3.8) is 0 Å². The van der Waals surface area contributed by atoms with Crippen molar-refractivity contribution in [2.45, 2.75) is 38.6 Å². The lowest BCUT2D eigenvalue weighted by Crippen LogP contribution is -2.39. The number of nitrogens with zero attached hydrogens (tertiary/aromatic N) is 1. The quantitative estimate of drug-likeness (QED) is 0.671. The highest BCUT2D eigenvalue weighted by Gasteiger charge is 2.17. The molecule has 1 amide bonds. The Bertz CT molecular complexity index is 191. The Morgan fingerprint density at radius 3 is 2.73 bits per heavy atom. The first kappa shape index (κ1) is 12.5. The minimum absolute atomic E-state index is 0.211. The molecular weight excluding hydrogens is 192 g/mol. The topological polar surface area (TPSA) is 52.6 Å². The Kier molecular flexibility index (Phi) is 5.65. The van der Waals surface area contributed by atoms with Crippen LogP contribution in [0.5, 0.6) is 0 Å². The van der Waals surface area contributed by atoms with E-state index in [2.05, 4.69) is 5.32 Å². The molecule has 1 unspecified atom stereocenters. The van der Waals surface area contributed by atoms with Gasteiger partial charge in [0.1, 0.15) is 0 Å². The minimum atomic E-state index is 0.211. The zero-order valence-corrected chi connectivity index (χ0v) is 9.54. The lowest BCUT2D eigenvalue weighted by atomic mass is 10.2. The van der Waals surface area contributed by atoms with Crippen molar-refractivity contribution < 1.29 is 9.90 Å². The number of hydrogen-bond donors (Lipinski definition) is 2. The summed E-state index contributed by atoms with van der Waals surface area (Å²) in [6.07, 6.45) is 4.01. The zero-order chi connectivity index (χ0) is 11.1. The van der Waals surface area contributed by atoms with Gasteiger partial charge in [0.25, 0.3) is 0 Å². The third-order valence-electron chi connectivity index (χ3n) is 2.86. The highest BCUT2D eigenvalue weighted by molar-refractivity contribution is 5.78. The second-order valence-electron chi connectivity index (χ2n) is 4.24. The van der Waals surface area contributed by atoms with E-state index >= 15 is 0 Å². The van der Waals surface area contributed by atoms with E-state index in [0.29, 0.717) is 12.6 Å². The van der Waals surface area contributed by atoms with Gasteiger partial charge >= 0.3 is 0 Å². The van der Waals surface area contributed by atoms with E-state index in [1.54, 1.807) is 0 Å². The summed E-state index contributed by atoms with van der Waals surface area (Å²) >= 11 is 0. The first-order chi connectivity index (χ1) is 7.24. The Morgan fingerprint density at radius 1 is 1.47 bits per heavy atom. The van der Waals surface area contributed by atoms with Crippen LogP contribution in [0.3, 0.4) is 0 Å². The average molecular weight is 214 g/mol. The molecule has 0 radical (unpaired) electrons. The fourth-order valence-corrected chi connectivity index (χ4v) is 1.84. The van der Waals surface area contributed by atoms with Gasteiger partial charge in [0.15, 0.2) is 0 Å². The van der Waals surface area contributed by atoms with E-state index in [4.69, 9.17) is 5.11 Å². The number of rotatable bonds is 6. The summed E-state index contributed by atoms with van der Waals surface area (Å²) in [5.74, 6) is 0.211. The van der Waals surface area contributed by atoms with Gasteiger partial charge in [0, 0.05) is 25.7 Å². The molecule has 1 rings (SSSR count). The lowest BCUT2D eigenvalue weighted by Gasteiger charge is -2.18. The molecular formula is C11H22N2O2. The van der Waals surface area contributed by atoms with E-state index < -0.39 is 0 Å². The van der Waals surface area contributed by atoms with Crippen LogP contribution in [0.15, 0.2) is 0 Å². The van der Waals surface area contributed by atoms with Gasteiger partial charge in [0.2, 0.25) is 5.91 Å². The molecule has 88 valence electrons. The van der Waals surface area contributed by atoms with Gasteiger partial charge in [-0.2, -0.15) is 0 Å². The van der Waals surface area contributed by atoms with E-state index in [0.717, 1.165) is 38.8 Å². The molecule has 0 aromatic rings. The van der Waals surface area contributed by atoms with Crippen molar-refractivity contribution in [3.8, 4) is 0 Å². The van der Waals surface area contributed by atoms with Crippen LogP contribution in [0.4, 0.5) is 0 Å². The van der Waals surface area contributed by atoms with Crippen LogP contribution in [0.1, 0.15) is 32.6 Å². The molecule has 0 bridgehead atoms. The lowest BCUT2D eigenvalue weighted by molar-refractivity contribution is -0.129. The van der Waals surface area contributed by atoms with Gasteiger partial charge < -0.3 is 15.3 Å². The van der Waals surface area contributed by atoms with Crippen LogP contribution in [0.2, 0.25) is 0 Å². The zero-order valence-electron chi connectivity index (χ0n) is 9.54. The Labute approximate surface area is 91.6 Å². The summed E-state index contributed by atoms with van der Waals surface area (Å²) in [7, 11) is 0. The Balaban J connectivity index is 2.10. The van der Waals surface area contributed by atoms with Gasteiger partial charge in [-0.1, -0.05) is 0 Å². The maximum Gasteiger partial charge on any atom is 0.236 e. The molecule has 1 atom stereocenters. The molecule has 0 aliphatic carbocycles. The highest BCUT2D eigenvalue weighted by atomic mass is 16.2. The molecule has 4 nitrogen and oxygen atoms in total. The summed E-state index contributed by atoms with van der Waals surface area (Å²) < 4.78 is 0. The summed E-state index contributed by atoms with van der Waals surface area (Å²) in [6, 6.07) is 0.309. The first-order valence-electron chi connectivity index (χ1n) is 5.86. The third kappa shape index (κ3) is 4.62. The van der Waals surface area contributed by atoms with E-state index in [1.165, 1.54) is 0 Å². The molecule has 0 aromatic heterocycles. The predicted octanol–water partition coefficient (Wildman–Crippen LogP) is 0.359. The van der Waals surface area contributed by atoms with Crippen molar-refractivity contribution in [3.05, 3.63) is 0 Å². The van der Waals surface area contributed by atoms with Crippen molar-refractivity contribution in [2.75, 3.05) is 26.2 Å². The van der Waals surface area contributed by atoms with E-state index in [9.17, 15) is 4.79 Å². The number of likely N-dealkylation sites (tertiary alicyclic amines) is 1. The smallest absolute Gasteiger partial charge is 0.236 e.